The maximum Gasteiger partial charge on any atom is 0.314 e. The molecule has 1 saturated carbocycles. The van der Waals surface area contributed by atoms with Gasteiger partial charge >= 0.3 is 5.97 Å². The van der Waals surface area contributed by atoms with Gasteiger partial charge in [-0.3, -0.25) is 4.79 Å². The molecule has 0 aromatic heterocycles. The van der Waals surface area contributed by atoms with Crippen molar-refractivity contribution in [1.82, 2.24) is 0 Å². The highest BCUT2D eigenvalue weighted by atomic mass is 35.5. The molecule has 22 heavy (non-hydrogen) atoms. The summed E-state index contributed by atoms with van der Waals surface area (Å²) >= 11 is 6.54. The lowest BCUT2D eigenvalue weighted by molar-refractivity contribution is -0.147. The van der Waals surface area contributed by atoms with Gasteiger partial charge in [0.2, 0.25) is 0 Å². The molecule has 0 saturated heterocycles. The Hall–Kier alpha value is -1.42. The van der Waals surface area contributed by atoms with Crippen molar-refractivity contribution in [1.29, 1.82) is 0 Å². The Labute approximate surface area is 134 Å². The van der Waals surface area contributed by atoms with E-state index >= 15 is 0 Å². The zero-order valence-corrected chi connectivity index (χ0v) is 13.5. The van der Waals surface area contributed by atoms with E-state index in [1.807, 2.05) is 13.8 Å². The number of carboxylic acids is 1. The largest absolute Gasteiger partial charge is 0.490 e. The molecule has 0 radical (unpaired) electrons. The van der Waals surface area contributed by atoms with Gasteiger partial charge in [0.25, 0.3) is 0 Å². The number of carbonyl (C=O) groups is 1. The molecule has 0 bridgehead atoms. The Morgan fingerprint density at radius 2 is 1.73 bits per heavy atom. The van der Waals surface area contributed by atoms with Gasteiger partial charge in [0.05, 0.1) is 10.4 Å². The summed E-state index contributed by atoms with van der Waals surface area (Å²) in [5.74, 6) is 0.650. The standard InChI is InChI=1S/C17H19ClO4/c1-8-6-10-12(17(16(19)20)4-3-5-17)14-11(7-9(2)21-14)13(18)15(10)22-8/h8-9H,3-7H2,1-2H3,(H,19,20). The minimum absolute atomic E-state index is 0.0251. The quantitative estimate of drug-likeness (QED) is 0.905. The van der Waals surface area contributed by atoms with Crippen LogP contribution in [0.4, 0.5) is 0 Å². The molecule has 2 aliphatic heterocycles. The highest BCUT2D eigenvalue weighted by molar-refractivity contribution is 6.33. The van der Waals surface area contributed by atoms with Crippen molar-refractivity contribution in [3.05, 3.63) is 21.7 Å². The van der Waals surface area contributed by atoms with Gasteiger partial charge in [-0.2, -0.15) is 0 Å². The van der Waals surface area contributed by atoms with Crippen LogP contribution in [0.25, 0.3) is 0 Å². The van der Waals surface area contributed by atoms with Crippen LogP contribution in [-0.2, 0) is 23.1 Å². The van der Waals surface area contributed by atoms with Crippen LogP contribution in [0.5, 0.6) is 11.5 Å². The van der Waals surface area contributed by atoms with E-state index in [0.717, 1.165) is 28.9 Å². The molecule has 1 aromatic rings. The Morgan fingerprint density at radius 1 is 1.14 bits per heavy atom. The molecule has 2 unspecified atom stereocenters. The lowest BCUT2D eigenvalue weighted by Gasteiger charge is -2.40. The van der Waals surface area contributed by atoms with Gasteiger partial charge in [-0.25, -0.2) is 0 Å². The third-order valence-electron chi connectivity index (χ3n) is 5.26. The van der Waals surface area contributed by atoms with Gasteiger partial charge in [-0.1, -0.05) is 18.0 Å². The van der Waals surface area contributed by atoms with Crippen LogP contribution in [0.3, 0.4) is 0 Å². The van der Waals surface area contributed by atoms with Gasteiger partial charge in [0.1, 0.15) is 23.7 Å². The number of rotatable bonds is 2. The molecular weight excluding hydrogens is 304 g/mol. The topological polar surface area (TPSA) is 55.8 Å². The van der Waals surface area contributed by atoms with Crippen molar-refractivity contribution >= 4 is 17.6 Å². The number of carboxylic acid groups (broad SMARTS) is 1. The van der Waals surface area contributed by atoms with Crippen LogP contribution in [-0.4, -0.2) is 23.3 Å². The predicted octanol–water partition coefficient (Wildman–Crippen LogP) is 3.49. The molecule has 2 atom stereocenters. The van der Waals surface area contributed by atoms with Gasteiger partial charge < -0.3 is 14.6 Å². The van der Waals surface area contributed by atoms with Gasteiger partial charge in [-0.05, 0) is 26.7 Å². The van der Waals surface area contributed by atoms with E-state index in [-0.39, 0.29) is 12.2 Å². The van der Waals surface area contributed by atoms with Crippen LogP contribution in [0.1, 0.15) is 49.8 Å². The minimum Gasteiger partial charge on any atom is -0.490 e. The van der Waals surface area contributed by atoms with Crippen molar-refractivity contribution in [3.63, 3.8) is 0 Å². The summed E-state index contributed by atoms with van der Waals surface area (Å²) in [6, 6.07) is 0. The number of ether oxygens (including phenoxy) is 2. The third-order valence-corrected chi connectivity index (χ3v) is 5.66. The van der Waals surface area contributed by atoms with E-state index in [2.05, 4.69) is 0 Å². The van der Waals surface area contributed by atoms with Crippen molar-refractivity contribution in [2.24, 2.45) is 0 Å². The molecule has 2 heterocycles. The molecule has 3 aliphatic rings. The maximum atomic E-state index is 12.0. The fourth-order valence-electron chi connectivity index (χ4n) is 4.07. The molecule has 1 aromatic carbocycles. The Balaban J connectivity index is 2.01. The van der Waals surface area contributed by atoms with E-state index in [0.29, 0.717) is 36.5 Å². The summed E-state index contributed by atoms with van der Waals surface area (Å²) in [4.78, 5) is 12.0. The van der Waals surface area contributed by atoms with Crippen LogP contribution < -0.4 is 9.47 Å². The average molecular weight is 323 g/mol. The molecule has 0 spiro atoms. The van der Waals surface area contributed by atoms with E-state index in [1.54, 1.807) is 0 Å². The first-order valence-electron chi connectivity index (χ1n) is 7.88. The predicted molar refractivity (Wildman–Crippen MR) is 82.2 cm³/mol. The van der Waals surface area contributed by atoms with Gasteiger partial charge in [-0.15, -0.1) is 0 Å². The van der Waals surface area contributed by atoms with E-state index in [4.69, 9.17) is 21.1 Å². The summed E-state index contributed by atoms with van der Waals surface area (Å²) in [5.41, 5.74) is 1.89. The highest BCUT2D eigenvalue weighted by Crippen LogP contribution is 2.57. The van der Waals surface area contributed by atoms with Crippen LogP contribution >= 0.6 is 11.6 Å². The fraction of sp³-hybridized carbons (Fsp3) is 0.588. The normalized spacial score (nSPS) is 27.4. The summed E-state index contributed by atoms with van der Waals surface area (Å²) in [6.07, 6.45) is 3.72. The van der Waals surface area contributed by atoms with Crippen LogP contribution in [0, 0.1) is 0 Å². The molecule has 4 rings (SSSR count). The SMILES string of the molecule is CC1Cc2c(c(Cl)c3c(c2C2(C(=O)O)CCC2)OC(C)C3)O1. The Morgan fingerprint density at radius 3 is 2.27 bits per heavy atom. The van der Waals surface area contributed by atoms with Gasteiger partial charge in [0.15, 0.2) is 0 Å². The second-order valence-corrected chi connectivity index (χ2v) is 7.19. The summed E-state index contributed by atoms with van der Waals surface area (Å²) < 4.78 is 11.9. The summed E-state index contributed by atoms with van der Waals surface area (Å²) in [5, 5.41) is 10.5. The second kappa shape index (κ2) is 4.54. The smallest absolute Gasteiger partial charge is 0.314 e. The highest BCUT2D eigenvalue weighted by Gasteiger charge is 2.52. The zero-order chi connectivity index (χ0) is 15.6. The third kappa shape index (κ3) is 1.67. The van der Waals surface area contributed by atoms with Crippen LogP contribution in [0.15, 0.2) is 0 Å². The zero-order valence-electron chi connectivity index (χ0n) is 12.7. The van der Waals surface area contributed by atoms with Gasteiger partial charge in [0, 0.05) is 29.5 Å². The van der Waals surface area contributed by atoms with Crippen LogP contribution in [0.2, 0.25) is 5.02 Å². The van der Waals surface area contributed by atoms with E-state index in [9.17, 15) is 9.90 Å². The molecule has 1 aliphatic carbocycles. The number of halogens is 1. The fourth-order valence-corrected chi connectivity index (χ4v) is 4.39. The molecular formula is C17H19ClO4. The van der Waals surface area contributed by atoms with Crippen molar-refractivity contribution < 1.29 is 19.4 Å². The lowest BCUT2D eigenvalue weighted by Crippen LogP contribution is -2.43. The summed E-state index contributed by atoms with van der Waals surface area (Å²) in [6.45, 7) is 3.98. The number of hydrogen-bond donors (Lipinski definition) is 1. The Bertz CT molecular complexity index is 639. The first-order valence-corrected chi connectivity index (χ1v) is 8.26. The maximum absolute atomic E-state index is 12.0. The minimum atomic E-state index is -0.823. The molecule has 118 valence electrons. The molecule has 1 N–H and O–H groups in total. The monoisotopic (exact) mass is 322 g/mol. The Kier molecular flexibility index (Phi) is 2.93. The lowest BCUT2D eigenvalue weighted by atomic mass is 9.62. The number of benzene rings is 1. The molecule has 0 amide bonds. The molecule has 4 nitrogen and oxygen atoms in total. The second-order valence-electron chi connectivity index (χ2n) is 6.81. The molecule has 5 heteroatoms. The first kappa shape index (κ1) is 14.2. The van der Waals surface area contributed by atoms with Crippen molar-refractivity contribution in [3.8, 4) is 11.5 Å². The number of hydrogen-bond acceptors (Lipinski definition) is 3. The van der Waals surface area contributed by atoms with Crippen molar-refractivity contribution in [2.45, 2.75) is 63.6 Å². The summed E-state index contributed by atoms with van der Waals surface area (Å²) in [7, 11) is 0. The number of fused-ring (bicyclic) bond motifs is 2. The number of aliphatic carboxylic acids is 1. The molecule has 1 fully saturated rings. The van der Waals surface area contributed by atoms with Crippen molar-refractivity contribution in [2.75, 3.05) is 0 Å². The average Bonchev–Trinajstić information content (AvgIpc) is 2.94. The van der Waals surface area contributed by atoms with E-state index < -0.39 is 11.4 Å². The first-order chi connectivity index (χ1) is 10.4. The van der Waals surface area contributed by atoms with E-state index in [1.165, 1.54) is 0 Å².